The van der Waals surface area contributed by atoms with Crippen molar-refractivity contribution in [2.24, 2.45) is 0 Å². The van der Waals surface area contributed by atoms with Crippen LogP contribution in [0.5, 0.6) is 0 Å². The molecule has 2 heterocycles. The monoisotopic (exact) mass is 288 g/mol. The minimum atomic E-state index is -0.952. The van der Waals surface area contributed by atoms with Crippen molar-refractivity contribution in [2.75, 3.05) is 18.0 Å². The Hall–Kier alpha value is -2.07. The summed E-state index contributed by atoms with van der Waals surface area (Å²) in [6.45, 7) is 1.78. The van der Waals surface area contributed by atoms with Crippen LogP contribution in [-0.2, 0) is 0 Å². The van der Waals surface area contributed by atoms with Gasteiger partial charge >= 0.3 is 5.97 Å². The summed E-state index contributed by atoms with van der Waals surface area (Å²) in [7, 11) is 0. The molecular weight excluding hydrogens is 276 g/mol. The Morgan fingerprint density at radius 3 is 2.45 bits per heavy atom. The maximum Gasteiger partial charge on any atom is 0.337 e. The number of pyridine rings is 1. The third-order valence-corrected chi connectivity index (χ3v) is 3.79. The van der Waals surface area contributed by atoms with E-state index in [9.17, 15) is 4.79 Å². The van der Waals surface area contributed by atoms with Crippen molar-refractivity contribution >= 4 is 23.4 Å². The van der Waals surface area contributed by atoms with E-state index >= 15 is 0 Å². The average Bonchev–Trinajstić information content (AvgIpc) is 2.40. The molecule has 0 spiro atoms. The zero-order valence-corrected chi connectivity index (χ0v) is 11.4. The highest BCUT2D eigenvalue weighted by Gasteiger charge is 2.28. The number of carboxylic acid groups (broad SMARTS) is 1. The fraction of sp³-hybridized carbons (Fsp3) is 0.200. The number of hydrogen-bond donors (Lipinski definition) is 1. The van der Waals surface area contributed by atoms with Crippen molar-refractivity contribution in [1.29, 1.82) is 0 Å². The molecule has 1 aliphatic heterocycles. The predicted molar refractivity (Wildman–Crippen MR) is 77.6 cm³/mol. The fourth-order valence-electron chi connectivity index (χ4n) is 2.31. The third kappa shape index (κ3) is 2.47. The smallest absolute Gasteiger partial charge is 0.337 e. The molecule has 1 aliphatic rings. The Bertz CT molecular complexity index is 619. The van der Waals surface area contributed by atoms with Crippen molar-refractivity contribution < 1.29 is 9.90 Å². The van der Waals surface area contributed by atoms with E-state index in [1.165, 1.54) is 11.8 Å². The topological polar surface area (TPSA) is 53.4 Å². The first-order valence-electron chi connectivity index (χ1n) is 6.33. The first-order valence-corrected chi connectivity index (χ1v) is 6.71. The molecule has 1 aromatic carbocycles. The highest BCUT2D eigenvalue weighted by Crippen LogP contribution is 2.31. The second kappa shape index (κ2) is 5.13. The highest BCUT2D eigenvalue weighted by molar-refractivity contribution is 6.30. The van der Waals surface area contributed by atoms with Gasteiger partial charge in [0.25, 0.3) is 0 Å². The Kier molecular flexibility index (Phi) is 3.32. The molecule has 0 saturated carbocycles. The first-order chi connectivity index (χ1) is 9.63. The van der Waals surface area contributed by atoms with E-state index in [1.807, 2.05) is 24.3 Å². The van der Waals surface area contributed by atoms with Gasteiger partial charge in [0.2, 0.25) is 0 Å². The van der Waals surface area contributed by atoms with Gasteiger partial charge in [0.1, 0.15) is 5.82 Å². The molecule has 0 amide bonds. The summed E-state index contributed by atoms with van der Waals surface area (Å²) in [5, 5.41) is 9.58. The van der Waals surface area contributed by atoms with Crippen LogP contribution in [0.4, 0.5) is 5.82 Å². The molecule has 2 aromatic rings. The molecule has 1 aromatic heterocycles. The maximum atomic E-state index is 10.8. The quantitative estimate of drug-likeness (QED) is 0.943. The highest BCUT2D eigenvalue weighted by atomic mass is 35.5. The summed E-state index contributed by atoms with van der Waals surface area (Å²) in [6, 6.07) is 11.2. The van der Waals surface area contributed by atoms with Gasteiger partial charge in [-0.1, -0.05) is 23.7 Å². The van der Waals surface area contributed by atoms with Gasteiger partial charge in [-0.05, 0) is 29.8 Å². The Labute approximate surface area is 121 Å². The summed E-state index contributed by atoms with van der Waals surface area (Å²) < 4.78 is 0. The first kappa shape index (κ1) is 12.9. The zero-order valence-electron chi connectivity index (χ0n) is 10.7. The number of anilines is 1. The minimum absolute atomic E-state index is 0.212. The van der Waals surface area contributed by atoms with Crippen LogP contribution in [-0.4, -0.2) is 29.1 Å². The van der Waals surface area contributed by atoms with Crippen LogP contribution in [0.15, 0.2) is 42.6 Å². The van der Waals surface area contributed by atoms with E-state index in [0.29, 0.717) is 5.92 Å². The Morgan fingerprint density at radius 2 is 1.90 bits per heavy atom. The third-order valence-electron chi connectivity index (χ3n) is 3.54. The van der Waals surface area contributed by atoms with E-state index in [0.717, 1.165) is 23.9 Å². The molecule has 1 saturated heterocycles. The van der Waals surface area contributed by atoms with Crippen LogP contribution in [0, 0.1) is 0 Å². The number of aromatic carboxylic acids is 1. The molecule has 0 radical (unpaired) electrons. The van der Waals surface area contributed by atoms with E-state index < -0.39 is 5.97 Å². The van der Waals surface area contributed by atoms with Crippen molar-refractivity contribution in [3.05, 3.63) is 58.7 Å². The number of halogens is 1. The lowest BCUT2D eigenvalue weighted by atomic mass is 9.91. The lowest BCUT2D eigenvalue weighted by Gasteiger charge is -2.40. The molecule has 102 valence electrons. The van der Waals surface area contributed by atoms with Crippen LogP contribution in [0.1, 0.15) is 21.8 Å². The molecule has 5 heteroatoms. The van der Waals surface area contributed by atoms with E-state index in [4.69, 9.17) is 16.7 Å². The molecule has 3 rings (SSSR count). The number of nitrogens with zero attached hydrogens (tertiary/aromatic N) is 2. The fourth-order valence-corrected chi connectivity index (χ4v) is 2.44. The Morgan fingerprint density at radius 1 is 1.20 bits per heavy atom. The molecule has 0 bridgehead atoms. The lowest BCUT2D eigenvalue weighted by Crippen LogP contribution is -2.45. The average molecular weight is 289 g/mol. The number of hydrogen-bond acceptors (Lipinski definition) is 3. The van der Waals surface area contributed by atoms with Gasteiger partial charge in [0, 0.05) is 30.2 Å². The van der Waals surface area contributed by atoms with Crippen LogP contribution in [0.25, 0.3) is 0 Å². The van der Waals surface area contributed by atoms with E-state index in [1.54, 1.807) is 12.1 Å². The van der Waals surface area contributed by atoms with Crippen molar-refractivity contribution in [1.82, 2.24) is 4.98 Å². The minimum Gasteiger partial charge on any atom is -0.478 e. The summed E-state index contributed by atoms with van der Waals surface area (Å²) in [4.78, 5) is 17.1. The van der Waals surface area contributed by atoms with Crippen molar-refractivity contribution in [3.8, 4) is 0 Å². The standard InChI is InChI=1S/C15H13ClN2O2/c16-13-4-1-10(2-5-13)12-8-18(9-12)14-6-3-11(7-17-14)15(19)20/h1-7,12H,8-9H2,(H,19,20). The molecule has 0 unspecified atom stereocenters. The molecule has 0 atom stereocenters. The second-order valence-electron chi connectivity index (χ2n) is 4.86. The normalized spacial score (nSPS) is 14.9. The molecule has 4 nitrogen and oxygen atoms in total. The summed E-state index contributed by atoms with van der Waals surface area (Å²) in [5.74, 6) is 0.347. The zero-order chi connectivity index (χ0) is 14.1. The molecular formula is C15H13ClN2O2. The summed E-state index contributed by atoms with van der Waals surface area (Å²) >= 11 is 5.87. The van der Waals surface area contributed by atoms with E-state index in [2.05, 4.69) is 9.88 Å². The summed E-state index contributed by atoms with van der Waals surface area (Å²) in [6.07, 6.45) is 1.40. The van der Waals surface area contributed by atoms with E-state index in [-0.39, 0.29) is 5.56 Å². The van der Waals surface area contributed by atoms with Gasteiger partial charge in [-0.2, -0.15) is 0 Å². The van der Waals surface area contributed by atoms with Gasteiger partial charge < -0.3 is 10.0 Å². The number of rotatable bonds is 3. The van der Waals surface area contributed by atoms with Gasteiger partial charge in [-0.3, -0.25) is 0 Å². The number of benzene rings is 1. The maximum absolute atomic E-state index is 10.8. The molecule has 0 aliphatic carbocycles. The van der Waals surface area contributed by atoms with Crippen LogP contribution in [0.2, 0.25) is 5.02 Å². The van der Waals surface area contributed by atoms with Crippen LogP contribution < -0.4 is 4.90 Å². The molecule has 20 heavy (non-hydrogen) atoms. The SMILES string of the molecule is O=C(O)c1ccc(N2CC(c3ccc(Cl)cc3)C2)nc1. The summed E-state index contributed by atoms with van der Waals surface area (Å²) in [5.41, 5.74) is 1.48. The molecule has 1 fully saturated rings. The van der Waals surface area contributed by atoms with Gasteiger partial charge in [-0.25, -0.2) is 9.78 Å². The van der Waals surface area contributed by atoms with Gasteiger partial charge in [-0.15, -0.1) is 0 Å². The Balaban J connectivity index is 1.65. The van der Waals surface area contributed by atoms with Gasteiger partial charge in [0.15, 0.2) is 0 Å². The number of aromatic nitrogens is 1. The van der Waals surface area contributed by atoms with Gasteiger partial charge in [0.05, 0.1) is 5.56 Å². The number of carbonyl (C=O) groups is 1. The van der Waals surface area contributed by atoms with Crippen molar-refractivity contribution in [2.45, 2.75) is 5.92 Å². The van der Waals surface area contributed by atoms with Crippen LogP contribution in [0.3, 0.4) is 0 Å². The lowest BCUT2D eigenvalue weighted by molar-refractivity contribution is 0.0696. The second-order valence-corrected chi connectivity index (χ2v) is 5.30. The number of carboxylic acids is 1. The predicted octanol–water partition coefficient (Wildman–Crippen LogP) is 3.04. The molecule has 1 N–H and O–H groups in total. The van der Waals surface area contributed by atoms with Crippen molar-refractivity contribution in [3.63, 3.8) is 0 Å². The largest absolute Gasteiger partial charge is 0.478 e. The van der Waals surface area contributed by atoms with Crippen LogP contribution >= 0.6 is 11.6 Å².